The molecule has 2 aliphatic rings. The second kappa shape index (κ2) is 12.7. The van der Waals surface area contributed by atoms with Gasteiger partial charge in [0, 0.05) is 26.1 Å². The Morgan fingerprint density at radius 3 is 2.83 bits per heavy atom. The second-order valence-corrected chi connectivity index (χ2v) is 7.93. The normalized spacial score (nSPS) is 21.6. The topological polar surface area (TPSA) is 97.0 Å². The first-order chi connectivity index (χ1) is 14.0. The third-order valence-corrected chi connectivity index (χ3v) is 5.50. The number of esters is 1. The fourth-order valence-electron chi connectivity index (χ4n) is 3.48. The first-order valence-electron chi connectivity index (χ1n) is 10.7. The molecule has 29 heavy (non-hydrogen) atoms. The summed E-state index contributed by atoms with van der Waals surface area (Å²) in [5.41, 5.74) is 0. The Morgan fingerprint density at radius 2 is 2.10 bits per heavy atom. The summed E-state index contributed by atoms with van der Waals surface area (Å²) in [7, 11) is 0. The molecule has 164 valence electrons. The van der Waals surface area contributed by atoms with E-state index >= 15 is 0 Å². The number of unbranched alkanes of at least 4 members (excludes halogenated alkanes) is 4. The highest BCUT2D eigenvalue weighted by atomic mass is 32.1. The lowest BCUT2D eigenvalue weighted by atomic mass is 10.1. The Labute approximate surface area is 178 Å². The first kappa shape index (κ1) is 23.5. The summed E-state index contributed by atoms with van der Waals surface area (Å²) in [5, 5.41) is 5.64. The van der Waals surface area contributed by atoms with Crippen LogP contribution in [0.3, 0.4) is 0 Å². The Balaban J connectivity index is 1.79. The summed E-state index contributed by atoms with van der Waals surface area (Å²) in [6, 6.07) is -0.780. The van der Waals surface area contributed by atoms with Gasteiger partial charge in [0.05, 0.1) is 12.5 Å². The summed E-state index contributed by atoms with van der Waals surface area (Å²) >= 11 is 5.35. The quantitative estimate of drug-likeness (QED) is 0.311. The van der Waals surface area contributed by atoms with E-state index in [2.05, 4.69) is 17.6 Å². The van der Waals surface area contributed by atoms with Gasteiger partial charge in [-0.1, -0.05) is 32.6 Å². The molecule has 9 heteroatoms. The molecule has 0 aromatic rings. The van der Waals surface area contributed by atoms with Crippen molar-refractivity contribution >= 4 is 35.1 Å². The average Bonchev–Trinajstić information content (AvgIpc) is 3.21. The zero-order valence-corrected chi connectivity index (χ0v) is 18.1. The number of rotatable bonds is 10. The van der Waals surface area contributed by atoms with Crippen molar-refractivity contribution in [1.29, 1.82) is 0 Å². The number of amides is 2. The van der Waals surface area contributed by atoms with Gasteiger partial charge >= 0.3 is 5.97 Å². The maximum atomic E-state index is 12.3. The van der Waals surface area contributed by atoms with E-state index in [1.165, 1.54) is 6.42 Å². The van der Waals surface area contributed by atoms with Crippen LogP contribution in [0, 0.1) is 0 Å². The smallest absolute Gasteiger partial charge is 0.308 e. The predicted octanol–water partition coefficient (Wildman–Crippen LogP) is 1.66. The molecule has 2 saturated heterocycles. The Hall–Kier alpha value is -1.74. The van der Waals surface area contributed by atoms with E-state index < -0.39 is 12.0 Å². The molecule has 2 unspecified atom stereocenters. The molecule has 2 heterocycles. The zero-order valence-electron chi connectivity index (χ0n) is 17.2. The summed E-state index contributed by atoms with van der Waals surface area (Å²) < 4.78 is 10.7. The lowest BCUT2D eigenvalue weighted by Gasteiger charge is -2.36. The highest BCUT2D eigenvalue weighted by Gasteiger charge is 2.34. The molecule has 2 N–H and O–H groups in total. The maximum Gasteiger partial charge on any atom is 0.308 e. The summed E-state index contributed by atoms with van der Waals surface area (Å²) in [4.78, 5) is 38.3. The van der Waals surface area contributed by atoms with Gasteiger partial charge < -0.3 is 25.0 Å². The number of hydrogen-bond acceptors (Lipinski definition) is 6. The number of thiocarbonyl (C=S) groups is 1. The number of piperazine rings is 1. The van der Waals surface area contributed by atoms with Crippen LogP contribution in [-0.4, -0.2) is 66.2 Å². The van der Waals surface area contributed by atoms with Crippen LogP contribution in [-0.2, 0) is 23.9 Å². The second-order valence-electron chi connectivity index (χ2n) is 7.54. The van der Waals surface area contributed by atoms with Crippen molar-refractivity contribution in [3.05, 3.63) is 0 Å². The van der Waals surface area contributed by atoms with Crippen LogP contribution in [0.2, 0.25) is 0 Å². The van der Waals surface area contributed by atoms with Crippen molar-refractivity contribution in [2.45, 2.75) is 76.9 Å². The lowest BCUT2D eigenvalue weighted by molar-refractivity contribution is -0.150. The van der Waals surface area contributed by atoms with Crippen molar-refractivity contribution in [2.75, 3.05) is 26.3 Å². The molecule has 0 saturated carbocycles. The standard InChI is InChI=1S/C20H33N3O5S/c1-2-3-4-5-6-9-17(24)22-20(29)23-11-10-21-19(26)16(23)13-18(25)28-14-15-8-7-12-27-15/h15-16H,2-14H2,1H3,(H,21,26)(H,22,24,29). The van der Waals surface area contributed by atoms with Gasteiger partial charge in [0.25, 0.3) is 0 Å². The van der Waals surface area contributed by atoms with E-state index in [9.17, 15) is 14.4 Å². The molecular weight excluding hydrogens is 394 g/mol. The Kier molecular flexibility index (Phi) is 10.3. The molecular formula is C20H33N3O5S. The van der Waals surface area contributed by atoms with Crippen molar-refractivity contribution in [3.63, 3.8) is 0 Å². The summed E-state index contributed by atoms with van der Waals surface area (Å²) in [5.74, 6) is -0.920. The molecule has 8 nitrogen and oxygen atoms in total. The number of carbonyl (C=O) groups is 3. The minimum atomic E-state index is -0.780. The van der Waals surface area contributed by atoms with Gasteiger partial charge in [0.2, 0.25) is 11.8 Å². The predicted molar refractivity (Wildman–Crippen MR) is 112 cm³/mol. The monoisotopic (exact) mass is 427 g/mol. The van der Waals surface area contributed by atoms with Crippen LogP contribution in [0.15, 0.2) is 0 Å². The van der Waals surface area contributed by atoms with Gasteiger partial charge in [-0.3, -0.25) is 14.4 Å². The fourth-order valence-corrected chi connectivity index (χ4v) is 3.81. The molecule has 0 spiro atoms. The number of carbonyl (C=O) groups excluding carboxylic acids is 3. The number of nitrogens with one attached hydrogen (secondary N) is 2. The molecule has 2 fully saturated rings. The van der Waals surface area contributed by atoms with E-state index in [4.69, 9.17) is 21.7 Å². The minimum Gasteiger partial charge on any atom is -0.463 e. The van der Waals surface area contributed by atoms with Gasteiger partial charge in [-0.15, -0.1) is 0 Å². The molecule has 2 atom stereocenters. The SMILES string of the molecule is CCCCCCCC(=O)NC(=S)N1CCNC(=O)C1CC(=O)OCC1CCCO1. The molecule has 0 aromatic heterocycles. The van der Waals surface area contributed by atoms with Crippen LogP contribution >= 0.6 is 12.2 Å². The Bertz CT molecular complexity index is 580. The lowest BCUT2D eigenvalue weighted by Crippen LogP contribution is -2.60. The van der Waals surface area contributed by atoms with Crippen molar-refractivity contribution in [1.82, 2.24) is 15.5 Å². The van der Waals surface area contributed by atoms with E-state index in [1.807, 2.05) is 0 Å². The highest BCUT2D eigenvalue weighted by molar-refractivity contribution is 7.80. The van der Waals surface area contributed by atoms with Gasteiger partial charge in [0.1, 0.15) is 12.6 Å². The van der Waals surface area contributed by atoms with Crippen LogP contribution < -0.4 is 10.6 Å². The van der Waals surface area contributed by atoms with Crippen molar-refractivity contribution < 1.29 is 23.9 Å². The van der Waals surface area contributed by atoms with Gasteiger partial charge in [-0.05, 0) is 31.5 Å². The van der Waals surface area contributed by atoms with E-state index in [-0.39, 0.29) is 36.1 Å². The molecule has 0 bridgehead atoms. The number of nitrogens with zero attached hydrogens (tertiary/aromatic N) is 1. The summed E-state index contributed by atoms with van der Waals surface area (Å²) in [6.45, 7) is 3.88. The van der Waals surface area contributed by atoms with Crippen molar-refractivity contribution in [3.8, 4) is 0 Å². The molecule has 2 aliphatic heterocycles. The minimum absolute atomic E-state index is 0.0621. The van der Waals surface area contributed by atoms with Gasteiger partial charge in [0.15, 0.2) is 5.11 Å². The molecule has 0 aromatic carbocycles. The number of hydrogen-bond donors (Lipinski definition) is 2. The molecule has 2 amide bonds. The highest BCUT2D eigenvalue weighted by Crippen LogP contribution is 2.14. The third-order valence-electron chi connectivity index (χ3n) is 5.16. The molecule has 0 radical (unpaired) electrons. The summed E-state index contributed by atoms with van der Waals surface area (Å²) in [6.07, 6.45) is 7.34. The average molecular weight is 428 g/mol. The van der Waals surface area contributed by atoms with Gasteiger partial charge in [-0.25, -0.2) is 0 Å². The van der Waals surface area contributed by atoms with Crippen LogP contribution in [0.25, 0.3) is 0 Å². The third kappa shape index (κ3) is 8.26. The largest absolute Gasteiger partial charge is 0.463 e. The fraction of sp³-hybridized carbons (Fsp3) is 0.800. The van der Waals surface area contributed by atoms with Crippen LogP contribution in [0.5, 0.6) is 0 Å². The van der Waals surface area contributed by atoms with Crippen molar-refractivity contribution in [2.24, 2.45) is 0 Å². The van der Waals surface area contributed by atoms with Crippen LogP contribution in [0.1, 0.15) is 64.7 Å². The first-order valence-corrected chi connectivity index (χ1v) is 11.1. The molecule has 2 rings (SSSR count). The van der Waals surface area contributed by atoms with Crippen LogP contribution in [0.4, 0.5) is 0 Å². The molecule has 0 aliphatic carbocycles. The van der Waals surface area contributed by atoms with E-state index in [0.29, 0.717) is 26.1 Å². The number of ether oxygens (including phenoxy) is 2. The van der Waals surface area contributed by atoms with E-state index in [0.717, 1.165) is 38.5 Å². The van der Waals surface area contributed by atoms with Gasteiger partial charge in [-0.2, -0.15) is 0 Å². The Morgan fingerprint density at radius 1 is 1.31 bits per heavy atom. The zero-order chi connectivity index (χ0) is 21.1. The maximum absolute atomic E-state index is 12.3. The van der Waals surface area contributed by atoms with E-state index in [1.54, 1.807) is 4.90 Å².